The molecule has 114 valence electrons. The molecule has 0 aliphatic carbocycles. The third-order valence-electron chi connectivity index (χ3n) is 2.69. The highest BCUT2D eigenvalue weighted by Crippen LogP contribution is 2.18. The number of carboxylic acids is 1. The van der Waals surface area contributed by atoms with Crippen LogP contribution in [0.5, 0.6) is 0 Å². The third-order valence-corrected chi connectivity index (χ3v) is 2.69. The second-order valence-electron chi connectivity index (χ2n) is 4.38. The normalized spacial score (nSPS) is 16.3. The van der Waals surface area contributed by atoms with Gasteiger partial charge >= 0.3 is 18.2 Å². The number of aliphatic carboxylic acids is 1. The predicted octanol–water partition coefficient (Wildman–Crippen LogP) is -0.171. The van der Waals surface area contributed by atoms with E-state index in [2.05, 4.69) is 0 Å². The topological polar surface area (TPSA) is 81.2 Å². The van der Waals surface area contributed by atoms with Gasteiger partial charge in [0.1, 0.15) is 19.6 Å². The first-order chi connectivity index (χ1) is 9.10. The number of alkyl halides is 3. The summed E-state index contributed by atoms with van der Waals surface area (Å²) in [6.45, 7) is -2.84. The van der Waals surface area contributed by atoms with E-state index in [1.54, 1.807) is 0 Å². The van der Waals surface area contributed by atoms with Crippen LogP contribution in [0.4, 0.5) is 18.0 Å². The predicted molar refractivity (Wildman–Crippen MR) is 59.9 cm³/mol. The van der Waals surface area contributed by atoms with E-state index in [1.165, 1.54) is 11.9 Å². The molecule has 1 rings (SSSR count). The van der Waals surface area contributed by atoms with Gasteiger partial charge in [-0.3, -0.25) is 9.59 Å². The van der Waals surface area contributed by atoms with Crippen LogP contribution >= 0.6 is 0 Å². The van der Waals surface area contributed by atoms with Crippen LogP contribution in [0.2, 0.25) is 0 Å². The summed E-state index contributed by atoms with van der Waals surface area (Å²) in [5.74, 6) is -1.96. The van der Waals surface area contributed by atoms with Gasteiger partial charge in [0.05, 0.1) is 0 Å². The van der Waals surface area contributed by atoms with Gasteiger partial charge in [-0.2, -0.15) is 13.2 Å². The highest BCUT2D eigenvalue weighted by Gasteiger charge is 2.37. The number of carboxylic acid groups (broad SMARTS) is 1. The third kappa shape index (κ3) is 4.59. The zero-order chi connectivity index (χ0) is 15.5. The van der Waals surface area contributed by atoms with E-state index in [-0.39, 0.29) is 24.5 Å². The molecule has 1 fully saturated rings. The lowest BCUT2D eigenvalue weighted by atomic mass is 10.3. The molecule has 3 amide bonds. The number of urea groups is 1. The van der Waals surface area contributed by atoms with Crippen molar-refractivity contribution in [3.05, 3.63) is 0 Å². The first kappa shape index (κ1) is 16.1. The highest BCUT2D eigenvalue weighted by atomic mass is 19.4. The van der Waals surface area contributed by atoms with Crippen LogP contribution in [0.25, 0.3) is 0 Å². The summed E-state index contributed by atoms with van der Waals surface area (Å²) in [5.41, 5.74) is 0. The Morgan fingerprint density at radius 3 is 2.40 bits per heavy atom. The number of carbonyl (C=O) groups is 3. The van der Waals surface area contributed by atoms with E-state index in [4.69, 9.17) is 5.11 Å². The van der Waals surface area contributed by atoms with Crippen molar-refractivity contribution in [2.75, 3.05) is 39.8 Å². The first-order valence-electron chi connectivity index (χ1n) is 5.66. The molecule has 0 atom stereocenters. The molecule has 1 heterocycles. The summed E-state index contributed by atoms with van der Waals surface area (Å²) in [4.78, 5) is 36.3. The van der Waals surface area contributed by atoms with Crippen LogP contribution in [0.3, 0.4) is 0 Å². The average molecular weight is 297 g/mol. The molecule has 0 unspecified atom stereocenters. The zero-order valence-electron chi connectivity index (χ0n) is 10.7. The number of amides is 3. The first-order valence-corrected chi connectivity index (χ1v) is 5.66. The Kier molecular flexibility index (Phi) is 4.79. The van der Waals surface area contributed by atoms with Gasteiger partial charge in [-0.25, -0.2) is 4.79 Å². The van der Waals surface area contributed by atoms with Gasteiger partial charge in [-0.1, -0.05) is 0 Å². The lowest BCUT2D eigenvalue weighted by Gasteiger charge is -2.35. The molecule has 0 radical (unpaired) electrons. The SMILES string of the molecule is CN1CCN(C(=O)N(CC(=O)O)CC(F)(F)F)CC1=O. The quantitative estimate of drug-likeness (QED) is 0.784. The second-order valence-corrected chi connectivity index (χ2v) is 4.38. The maximum absolute atomic E-state index is 12.3. The molecule has 0 bridgehead atoms. The van der Waals surface area contributed by atoms with Crippen molar-refractivity contribution in [1.29, 1.82) is 0 Å². The Balaban J connectivity index is 2.77. The second kappa shape index (κ2) is 5.97. The van der Waals surface area contributed by atoms with Crippen molar-refractivity contribution < 1.29 is 32.7 Å². The molecule has 0 saturated carbocycles. The maximum atomic E-state index is 12.3. The molecule has 0 aromatic carbocycles. The van der Waals surface area contributed by atoms with E-state index in [1.807, 2.05) is 0 Å². The van der Waals surface area contributed by atoms with Crippen LogP contribution in [-0.2, 0) is 9.59 Å². The Morgan fingerprint density at radius 1 is 1.35 bits per heavy atom. The molecule has 0 aromatic rings. The summed E-state index contributed by atoms with van der Waals surface area (Å²) in [6.07, 6.45) is -4.71. The number of piperazine rings is 1. The average Bonchev–Trinajstić information content (AvgIpc) is 2.28. The lowest BCUT2D eigenvalue weighted by molar-refractivity contribution is -0.150. The molecule has 20 heavy (non-hydrogen) atoms. The van der Waals surface area contributed by atoms with Crippen LogP contribution in [-0.4, -0.2) is 83.7 Å². The standard InChI is InChI=1S/C10H14F3N3O4/c1-14-2-3-15(4-7(14)17)9(20)16(5-8(18)19)6-10(11,12)13/h2-6H2,1H3,(H,18,19). The summed E-state index contributed by atoms with van der Waals surface area (Å²) in [5, 5.41) is 8.57. The Morgan fingerprint density at radius 2 is 1.95 bits per heavy atom. The molecule has 7 nitrogen and oxygen atoms in total. The Hall–Kier alpha value is -2.00. The molecule has 1 N–H and O–H groups in total. The molecule has 10 heteroatoms. The minimum absolute atomic E-state index is 0.0645. The Bertz CT molecular complexity index is 413. The summed E-state index contributed by atoms with van der Waals surface area (Å²) in [6, 6.07) is -1.11. The van der Waals surface area contributed by atoms with Crippen LogP contribution in [0.1, 0.15) is 0 Å². The van der Waals surface area contributed by atoms with Crippen molar-refractivity contribution in [2.24, 2.45) is 0 Å². The van der Waals surface area contributed by atoms with E-state index >= 15 is 0 Å². The van der Waals surface area contributed by atoms with Gasteiger partial charge in [0.15, 0.2) is 0 Å². The van der Waals surface area contributed by atoms with Crippen LogP contribution < -0.4 is 0 Å². The van der Waals surface area contributed by atoms with Crippen molar-refractivity contribution in [3.8, 4) is 0 Å². The van der Waals surface area contributed by atoms with Crippen LogP contribution in [0, 0.1) is 0 Å². The number of likely N-dealkylation sites (N-methyl/N-ethyl adjacent to an activating group) is 1. The number of nitrogens with zero attached hydrogens (tertiary/aromatic N) is 3. The minimum Gasteiger partial charge on any atom is -0.480 e. The van der Waals surface area contributed by atoms with Gasteiger partial charge in [0, 0.05) is 20.1 Å². The highest BCUT2D eigenvalue weighted by molar-refractivity contribution is 5.86. The smallest absolute Gasteiger partial charge is 0.406 e. The Labute approximate surface area is 112 Å². The maximum Gasteiger partial charge on any atom is 0.406 e. The summed E-state index contributed by atoms with van der Waals surface area (Å²) in [7, 11) is 1.51. The molecule has 1 saturated heterocycles. The van der Waals surface area contributed by atoms with Crippen molar-refractivity contribution in [1.82, 2.24) is 14.7 Å². The fourth-order valence-corrected chi connectivity index (χ4v) is 1.69. The number of hydrogen-bond acceptors (Lipinski definition) is 3. The van der Waals surface area contributed by atoms with E-state index in [9.17, 15) is 27.6 Å². The van der Waals surface area contributed by atoms with Gasteiger partial charge in [-0.05, 0) is 0 Å². The fourth-order valence-electron chi connectivity index (χ4n) is 1.69. The van der Waals surface area contributed by atoms with Gasteiger partial charge < -0.3 is 19.8 Å². The number of rotatable bonds is 3. The molecule has 0 aromatic heterocycles. The van der Waals surface area contributed by atoms with Gasteiger partial charge in [0.25, 0.3) is 0 Å². The van der Waals surface area contributed by atoms with E-state index < -0.39 is 37.2 Å². The molecular weight excluding hydrogens is 283 g/mol. The molecule has 1 aliphatic rings. The summed E-state index contributed by atoms with van der Waals surface area (Å²) >= 11 is 0. The number of halogens is 3. The zero-order valence-corrected chi connectivity index (χ0v) is 10.7. The van der Waals surface area contributed by atoms with E-state index in [0.29, 0.717) is 0 Å². The van der Waals surface area contributed by atoms with Crippen molar-refractivity contribution >= 4 is 17.9 Å². The van der Waals surface area contributed by atoms with Gasteiger partial charge in [-0.15, -0.1) is 0 Å². The van der Waals surface area contributed by atoms with Crippen LogP contribution in [0.15, 0.2) is 0 Å². The minimum atomic E-state index is -4.71. The fraction of sp³-hybridized carbons (Fsp3) is 0.700. The summed E-state index contributed by atoms with van der Waals surface area (Å²) < 4.78 is 37.0. The monoisotopic (exact) mass is 297 g/mol. The largest absolute Gasteiger partial charge is 0.480 e. The van der Waals surface area contributed by atoms with Crippen molar-refractivity contribution in [2.45, 2.75) is 6.18 Å². The lowest BCUT2D eigenvalue weighted by Crippen LogP contribution is -2.56. The number of hydrogen-bond donors (Lipinski definition) is 1. The van der Waals surface area contributed by atoms with Crippen molar-refractivity contribution in [3.63, 3.8) is 0 Å². The molecular formula is C10H14F3N3O4. The number of carbonyl (C=O) groups excluding carboxylic acids is 2. The van der Waals surface area contributed by atoms with Gasteiger partial charge in [0.2, 0.25) is 5.91 Å². The van der Waals surface area contributed by atoms with E-state index in [0.717, 1.165) is 4.90 Å². The molecule has 1 aliphatic heterocycles. The molecule has 0 spiro atoms.